The molecule has 0 bridgehead atoms. The van der Waals surface area contributed by atoms with Crippen molar-refractivity contribution in [3.05, 3.63) is 88.9 Å². The molecule has 0 fully saturated rings. The van der Waals surface area contributed by atoms with E-state index in [2.05, 4.69) is 9.97 Å². The van der Waals surface area contributed by atoms with E-state index < -0.39 is 5.91 Å². The largest absolute Gasteiger partial charge is 0.472 e. The van der Waals surface area contributed by atoms with Crippen molar-refractivity contribution in [3.8, 4) is 5.88 Å². The van der Waals surface area contributed by atoms with E-state index in [0.717, 1.165) is 11.1 Å². The normalized spacial score (nSPS) is 11.2. The van der Waals surface area contributed by atoms with Gasteiger partial charge in [0, 0.05) is 11.6 Å². The Bertz CT molecular complexity index is 1160. The zero-order valence-corrected chi connectivity index (χ0v) is 15.8. The predicted octanol–water partition coefficient (Wildman–Crippen LogP) is 4.38. The highest BCUT2D eigenvalue weighted by Crippen LogP contribution is 2.24. The van der Waals surface area contributed by atoms with Crippen LogP contribution in [0.25, 0.3) is 23.3 Å². The molecule has 0 atom stereocenters. The van der Waals surface area contributed by atoms with Crippen LogP contribution in [-0.4, -0.2) is 15.9 Å². The number of hydrogen-bond acceptors (Lipinski definition) is 5. The van der Waals surface area contributed by atoms with Crippen LogP contribution < -0.4 is 10.5 Å². The molecule has 2 aromatic carbocycles. The number of carbonyl (C=O) groups excluding carboxylic acids is 1. The molecule has 0 aliphatic carbocycles. The Hall–Kier alpha value is -3.93. The Morgan fingerprint density at radius 3 is 2.59 bits per heavy atom. The SMILES string of the molecule is Cc1nc(OCc2ccccc2)c(C=Cc2nc3ccccc3o2)cc1C(N)=O. The van der Waals surface area contributed by atoms with E-state index in [0.29, 0.717) is 40.8 Å². The van der Waals surface area contributed by atoms with Gasteiger partial charge in [-0.2, -0.15) is 0 Å². The van der Waals surface area contributed by atoms with Crippen molar-refractivity contribution >= 4 is 29.2 Å². The highest BCUT2D eigenvalue weighted by Gasteiger charge is 2.13. The number of oxazole rings is 1. The van der Waals surface area contributed by atoms with Crippen LogP contribution in [0.1, 0.15) is 33.1 Å². The van der Waals surface area contributed by atoms with Crippen molar-refractivity contribution in [3.63, 3.8) is 0 Å². The molecule has 2 heterocycles. The molecule has 6 heteroatoms. The number of aromatic nitrogens is 2. The van der Waals surface area contributed by atoms with Gasteiger partial charge in [-0.05, 0) is 36.8 Å². The van der Waals surface area contributed by atoms with Crippen LogP contribution in [0.2, 0.25) is 0 Å². The summed E-state index contributed by atoms with van der Waals surface area (Å²) < 4.78 is 11.6. The fourth-order valence-electron chi connectivity index (χ4n) is 2.93. The summed E-state index contributed by atoms with van der Waals surface area (Å²) in [6.07, 6.45) is 3.47. The summed E-state index contributed by atoms with van der Waals surface area (Å²) in [4.78, 5) is 20.6. The number of pyridine rings is 1. The molecule has 0 saturated heterocycles. The molecular weight excluding hydrogens is 366 g/mol. The number of fused-ring (bicyclic) bond motifs is 1. The van der Waals surface area contributed by atoms with E-state index in [1.807, 2.05) is 54.6 Å². The number of hydrogen-bond donors (Lipinski definition) is 1. The average Bonchev–Trinajstić information content (AvgIpc) is 3.15. The lowest BCUT2D eigenvalue weighted by Crippen LogP contribution is -2.14. The van der Waals surface area contributed by atoms with Crippen LogP contribution >= 0.6 is 0 Å². The van der Waals surface area contributed by atoms with E-state index in [9.17, 15) is 4.79 Å². The maximum atomic E-state index is 11.7. The number of nitrogens with zero attached hydrogens (tertiary/aromatic N) is 2. The first-order chi connectivity index (χ1) is 14.1. The first-order valence-corrected chi connectivity index (χ1v) is 9.12. The molecule has 4 rings (SSSR count). The maximum absolute atomic E-state index is 11.7. The third-order valence-electron chi connectivity index (χ3n) is 4.41. The molecule has 0 spiro atoms. The minimum absolute atomic E-state index is 0.342. The highest BCUT2D eigenvalue weighted by atomic mass is 16.5. The third-order valence-corrected chi connectivity index (χ3v) is 4.41. The van der Waals surface area contributed by atoms with E-state index in [4.69, 9.17) is 14.9 Å². The number of aryl methyl sites for hydroxylation is 1. The zero-order valence-electron chi connectivity index (χ0n) is 15.8. The van der Waals surface area contributed by atoms with Gasteiger partial charge in [-0.25, -0.2) is 9.97 Å². The Labute approximate surface area is 167 Å². The second-order valence-corrected chi connectivity index (χ2v) is 6.51. The lowest BCUT2D eigenvalue weighted by atomic mass is 10.1. The molecule has 2 N–H and O–H groups in total. The highest BCUT2D eigenvalue weighted by molar-refractivity contribution is 5.95. The zero-order chi connectivity index (χ0) is 20.2. The number of primary amides is 1. The number of amides is 1. The van der Waals surface area contributed by atoms with Gasteiger partial charge in [0.15, 0.2) is 5.58 Å². The van der Waals surface area contributed by atoms with Crippen molar-refractivity contribution in [1.29, 1.82) is 0 Å². The summed E-state index contributed by atoms with van der Waals surface area (Å²) in [5.41, 5.74) is 9.44. The number of carbonyl (C=O) groups is 1. The van der Waals surface area contributed by atoms with Crippen molar-refractivity contribution in [2.45, 2.75) is 13.5 Å². The Morgan fingerprint density at radius 2 is 1.83 bits per heavy atom. The van der Waals surface area contributed by atoms with Crippen LogP contribution in [-0.2, 0) is 6.61 Å². The standard InChI is InChI=1S/C23H19N3O3/c1-15-18(22(24)27)13-17(23(25-15)28-14-16-7-3-2-4-8-16)11-12-21-26-19-9-5-6-10-20(19)29-21/h2-13H,14H2,1H3,(H2,24,27). The molecule has 144 valence electrons. The van der Waals surface area contributed by atoms with Gasteiger partial charge in [0.2, 0.25) is 11.8 Å². The number of para-hydroxylation sites is 2. The van der Waals surface area contributed by atoms with Crippen LogP contribution in [0.3, 0.4) is 0 Å². The van der Waals surface area contributed by atoms with Gasteiger partial charge >= 0.3 is 0 Å². The summed E-state index contributed by atoms with van der Waals surface area (Å²) in [5, 5.41) is 0. The molecule has 0 saturated carbocycles. The number of ether oxygens (including phenoxy) is 1. The average molecular weight is 385 g/mol. The maximum Gasteiger partial charge on any atom is 0.250 e. The Balaban J connectivity index is 1.66. The minimum Gasteiger partial charge on any atom is -0.472 e. The van der Waals surface area contributed by atoms with E-state index in [-0.39, 0.29) is 0 Å². The molecule has 0 aliphatic rings. The monoisotopic (exact) mass is 385 g/mol. The van der Waals surface area contributed by atoms with Crippen LogP contribution in [0.5, 0.6) is 5.88 Å². The molecule has 6 nitrogen and oxygen atoms in total. The minimum atomic E-state index is -0.541. The van der Waals surface area contributed by atoms with Gasteiger partial charge in [0.25, 0.3) is 5.91 Å². The number of nitrogens with two attached hydrogens (primary N) is 1. The molecule has 0 radical (unpaired) electrons. The van der Waals surface area contributed by atoms with Gasteiger partial charge in [-0.1, -0.05) is 42.5 Å². The van der Waals surface area contributed by atoms with Crippen molar-refractivity contribution in [1.82, 2.24) is 9.97 Å². The first kappa shape index (κ1) is 18.4. The second kappa shape index (κ2) is 7.98. The van der Waals surface area contributed by atoms with Crippen molar-refractivity contribution < 1.29 is 13.9 Å². The molecule has 29 heavy (non-hydrogen) atoms. The molecule has 1 amide bonds. The summed E-state index contributed by atoms with van der Waals surface area (Å²) in [7, 11) is 0. The van der Waals surface area contributed by atoms with Crippen LogP contribution in [0, 0.1) is 6.92 Å². The van der Waals surface area contributed by atoms with Crippen molar-refractivity contribution in [2.75, 3.05) is 0 Å². The van der Waals surface area contributed by atoms with E-state index in [1.54, 1.807) is 25.1 Å². The predicted molar refractivity (Wildman–Crippen MR) is 111 cm³/mol. The molecule has 0 aliphatic heterocycles. The van der Waals surface area contributed by atoms with Crippen LogP contribution in [0.4, 0.5) is 0 Å². The molecule has 4 aromatic rings. The van der Waals surface area contributed by atoms with Gasteiger partial charge in [0.1, 0.15) is 12.1 Å². The lowest BCUT2D eigenvalue weighted by Gasteiger charge is -2.11. The fraction of sp³-hybridized carbons (Fsp3) is 0.0870. The topological polar surface area (TPSA) is 91.2 Å². The lowest BCUT2D eigenvalue weighted by molar-refractivity contribution is 0.0999. The summed E-state index contributed by atoms with van der Waals surface area (Å²) in [5.74, 6) is 0.311. The second-order valence-electron chi connectivity index (χ2n) is 6.51. The fourth-order valence-corrected chi connectivity index (χ4v) is 2.93. The Kier molecular flexibility index (Phi) is 5.07. The van der Waals surface area contributed by atoms with Gasteiger partial charge in [0.05, 0.1) is 11.3 Å². The third kappa shape index (κ3) is 4.16. The number of benzene rings is 2. The Morgan fingerprint density at radius 1 is 1.07 bits per heavy atom. The quantitative estimate of drug-likeness (QED) is 0.532. The van der Waals surface area contributed by atoms with Crippen LogP contribution in [0.15, 0.2) is 65.1 Å². The number of rotatable bonds is 6. The van der Waals surface area contributed by atoms with Gasteiger partial charge in [-0.15, -0.1) is 0 Å². The summed E-state index contributed by atoms with van der Waals surface area (Å²) >= 11 is 0. The van der Waals surface area contributed by atoms with Gasteiger partial charge < -0.3 is 14.9 Å². The smallest absolute Gasteiger partial charge is 0.250 e. The first-order valence-electron chi connectivity index (χ1n) is 9.12. The van der Waals surface area contributed by atoms with Gasteiger partial charge in [-0.3, -0.25) is 4.79 Å². The van der Waals surface area contributed by atoms with E-state index >= 15 is 0 Å². The molecular formula is C23H19N3O3. The summed E-state index contributed by atoms with van der Waals surface area (Å²) in [6, 6.07) is 19.0. The van der Waals surface area contributed by atoms with E-state index in [1.165, 1.54) is 0 Å². The summed E-state index contributed by atoms with van der Waals surface area (Å²) in [6.45, 7) is 2.08. The molecule has 2 aromatic heterocycles. The van der Waals surface area contributed by atoms with Crippen molar-refractivity contribution in [2.24, 2.45) is 5.73 Å². The molecule has 0 unspecified atom stereocenters.